The average molecular weight is 260 g/mol. The molecule has 0 fully saturated rings. The fourth-order valence-corrected chi connectivity index (χ4v) is 2.98. The van der Waals surface area contributed by atoms with E-state index in [-0.39, 0.29) is 0 Å². The first-order chi connectivity index (χ1) is 8.78. The molecule has 0 saturated heterocycles. The van der Waals surface area contributed by atoms with E-state index in [4.69, 9.17) is 0 Å². The van der Waals surface area contributed by atoms with Gasteiger partial charge >= 0.3 is 0 Å². The number of benzene rings is 1. The topological polar surface area (TPSA) is 34.0 Å². The lowest BCUT2D eigenvalue weighted by atomic mass is 10.1. The van der Waals surface area contributed by atoms with Crippen molar-refractivity contribution in [1.29, 1.82) is 0 Å². The lowest BCUT2D eigenvalue weighted by Crippen LogP contribution is -2.30. The summed E-state index contributed by atoms with van der Waals surface area (Å²) >= 11 is 1.76. The van der Waals surface area contributed by atoms with Crippen LogP contribution >= 0.6 is 11.8 Å². The van der Waals surface area contributed by atoms with Gasteiger partial charge in [-0.25, -0.2) is 0 Å². The summed E-state index contributed by atoms with van der Waals surface area (Å²) in [6.07, 6.45) is 0. The molecule has 4 nitrogen and oxygen atoms in total. The van der Waals surface area contributed by atoms with Crippen molar-refractivity contribution in [2.24, 2.45) is 0 Å². The normalized spacial score (nSPS) is 15.7. The zero-order chi connectivity index (χ0) is 12.5. The molecule has 5 heteroatoms. The maximum absolute atomic E-state index is 4.33. The number of aromatic nitrogens is 3. The summed E-state index contributed by atoms with van der Waals surface area (Å²) in [5, 5.41) is 9.63. The first-order valence-corrected chi connectivity index (χ1v) is 7.12. The Labute approximate surface area is 111 Å². The third-order valence-corrected chi connectivity index (χ3v) is 4.25. The second-order valence-electron chi connectivity index (χ2n) is 4.50. The Morgan fingerprint density at radius 1 is 1.22 bits per heavy atom. The summed E-state index contributed by atoms with van der Waals surface area (Å²) < 4.78 is 2.20. The van der Waals surface area contributed by atoms with Crippen molar-refractivity contribution in [2.75, 3.05) is 12.4 Å². The monoisotopic (exact) mass is 260 g/mol. The van der Waals surface area contributed by atoms with Gasteiger partial charge in [0.1, 0.15) is 0 Å². The molecule has 0 amide bonds. The maximum Gasteiger partial charge on any atom is 0.193 e. The summed E-state index contributed by atoms with van der Waals surface area (Å²) in [7, 11) is 0. The summed E-state index contributed by atoms with van der Waals surface area (Å²) in [5.41, 5.74) is 2.40. The molecule has 1 aromatic heterocycles. The van der Waals surface area contributed by atoms with Crippen LogP contribution in [0, 0.1) is 6.92 Å². The highest BCUT2D eigenvalue weighted by Crippen LogP contribution is 2.28. The molecule has 1 aromatic carbocycles. The molecule has 0 atom stereocenters. The van der Waals surface area contributed by atoms with E-state index >= 15 is 0 Å². The van der Waals surface area contributed by atoms with Crippen LogP contribution < -0.4 is 0 Å². The third-order valence-electron chi connectivity index (χ3n) is 3.19. The van der Waals surface area contributed by atoms with Gasteiger partial charge in [0.05, 0.1) is 12.5 Å². The van der Waals surface area contributed by atoms with Gasteiger partial charge in [-0.15, -0.1) is 10.2 Å². The van der Waals surface area contributed by atoms with Crippen molar-refractivity contribution < 1.29 is 0 Å². The fraction of sp³-hybridized carbons (Fsp3) is 0.385. The number of nitrogens with zero attached hydrogens (tertiary/aromatic N) is 4. The lowest BCUT2D eigenvalue weighted by molar-refractivity contribution is 0.252. The smallest absolute Gasteiger partial charge is 0.193 e. The Hall–Kier alpha value is -1.33. The van der Waals surface area contributed by atoms with Crippen LogP contribution in [0.15, 0.2) is 29.4 Å². The van der Waals surface area contributed by atoms with Gasteiger partial charge in [-0.05, 0) is 13.5 Å². The number of rotatable bonds is 2. The van der Waals surface area contributed by atoms with E-state index in [1.54, 1.807) is 11.8 Å². The Morgan fingerprint density at radius 3 is 2.72 bits per heavy atom. The van der Waals surface area contributed by atoms with Gasteiger partial charge in [-0.2, -0.15) is 0 Å². The van der Waals surface area contributed by atoms with Crippen molar-refractivity contribution in [3.63, 3.8) is 0 Å². The Balaban J connectivity index is 1.99. The summed E-state index contributed by atoms with van der Waals surface area (Å²) in [6.45, 7) is 6.21. The number of fused-ring (bicyclic) bond motifs is 1. The van der Waals surface area contributed by atoms with Crippen LogP contribution in [0.5, 0.6) is 0 Å². The van der Waals surface area contributed by atoms with E-state index in [0.717, 1.165) is 35.6 Å². The van der Waals surface area contributed by atoms with E-state index in [2.05, 4.69) is 57.8 Å². The van der Waals surface area contributed by atoms with Crippen molar-refractivity contribution >= 4 is 11.8 Å². The van der Waals surface area contributed by atoms with Crippen LogP contribution in [0.4, 0.5) is 0 Å². The van der Waals surface area contributed by atoms with Crippen molar-refractivity contribution in [1.82, 2.24) is 19.7 Å². The van der Waals surface area contributed by atoms with Crippen LogP contribution in [0.1, 0.15) is 12.5 Å². The van der Waals surface area contributed by atoms with E-state index < -0.39 is 0 Å². The van der Waals surface area contributed by atoms with E-state index in [9.17, 15) is 0 Å². The first-order valence-electron chi connectivity index (χ1n) is 6.13. The number of aryl methyl sites for hydroxylation is 1. The van der Waals surface area contributed by atoms with Crippen molar-refractivity contribution in [3.05, 3.63) is 29.8 Å². The molecule has 3 rings (SSSR count). The van der Waals surface area contributed by atoms with Crippen LogP contribution in [0.3, 0.4) is 0 Å². The SMILES string of the molecule is CCN1CSc2nnc(-c3ccc(C)cc3)n2C1. The molecule has 0 radical (unpaired) electrons. The molecule has 0 spiro atoms. The minimum absolute atomic E-state index is 0.884. The Morgan fingerprint density at radius 2 is 2.00 bits per heavy atom. The highest BCUT2D eigenvalue weighted by molar-refractivity contribution is 7.99. The largest absolute Gasteiger partial charge is 0.288 e. The van der Waals surface area contributed by atoms with E-state index in [0.29, 0.717) is 0 Å². The highest BCUT2D eigenvalue weighted by Gasteiger charge is 2.21. The summed E-state index contributed by atoms with van der Waals surface area (Å²) in [6, 6.07) is 8.46. The van der Waals surface area contributed by atoms with Gasteiger partial charge in [0.25, 0.3) is 0 Å². The van der Waals surface area contributed by atoms with Gasteiger partial charge in [-0.1, -0.05) is 48.5 Å². The zero-order valence-corrected chi connectivity index (χ0v) is 11.4. The van der Waals surface area contributed by atoms with Gasteiger partial charge in [0.15, 0.2) is 11.0 Å². The van der Waals surface area contributed by atoms with Gasteiger partial charge in [-0.3, -0.25) is 9.47 Å². The predicted octanol–water partition coefficient (Wildman–Crippen LogP) is 2.60. The molecule has 94 valence electrons. The lowest BCUT2D eigenvalue weighted by Gasteiger charge is -2.26. The maximum atomic E-state index is 4.33. The van der Waals surface area contributed by atoms with Crippen LogP contribution in [0.25, 0.3) is 11.4 Å². The average Bonchev–Trinajstić information content (AvgIpc) is 2.82. The quantitative estimate of drug-likeness (QED) is 0.831. The Bertz CT molecular complexity index is 547. The molecule has 18 heavy (non-hydrogen) atoms. The van der Waals surface area contributed by atoms with Gasteiger partial charge in [0, 0.05) is 5.56 Å². The molecule has 2 heterocycles. The molecule has 0 saturated carbocycles. The minimum Gasteiger partial charge on any atom is -0.288 e. The van der Waals surface area contributed by atoms with Crippen molar-refractivity contribution in [3.8, 4) is 11.4 Å². The number of hydrogen-bond donors (Lipinski definition) is 0. The second kappa shape index (κ2) is 4.74. The molecule has 1 aliphatic rings. The highest BCUT2D eigenvalue weighted by atomic mass is 32.2. The zero-order valence-electron chi connectivity index (χ0n) is 10.6. The van der Waals surface area contributed by atoms with Gasteiger partial charge in [0.2, 0.25) is 0 Å². The van der Waals surface area contributed by atoms with Crippen LogP contribution in [-0.4, -0.2) is 32.1 Å². The molecular weight excluding hydrogens is 244 g/mol. The molecule has 2 aromatic rings. The molecule has 0 N–H and O–H groups in total. The fourth-order valence-electron chi connectivity index (χ4n) is 2.02. The number of thioether (sulfide) groups is 1. The predicted molar refractivity (Wildman–Crippen MR) is 73.3 cm³/mol. The molecule has 0 aliphatic carbocycles. The molecule has 0 unspecified atom stereocenters. The second-order valence-corrected chi connectivity index (χ2v) is 5.41. The summed E-state index contributed by atoms with van der Waals surface area (Å²) in [4.78, 5) is 2.37. The summed E-state index contributed by atoms with van der Waals surface area (Å²) in [5.74, 6) is 1.97. The molecular formula is C13H16N4S. The standard InChI is InChI=1S/C13H16N4S/c1-3-16-8-17-12(14-15-13(17)18-9-16)11-6-4-10(2)5-7-11/h4-7H,3,8-9H2,1-2H3. The third kappa shape index (κ3) is 2.04. The Kier molecular flexibility index (Phi) is 3.09. The van der Waals surface area contributed by atoms with E-state index in [1.807, 2.05) is 0 Å². The van der Waals surface area contributed by atoms with Crippen LogP contribution in [0.2, 0.25) is 0 Å². The van der Waals surface area contributed by atoms with E-state index in [1.165, 1.54) is 5.56 Å². The molecule has 1 aliphatic heterocycles. The van der Waals surface area contributed by atoms with Crippen LogP contribution in [-0.2, 0) is 6.67 Å². The van der Waals surface area contributed by atoms with Crippen molar-refractivity contribution in [2.45, 2.75) is 25.7 Å². The molecule has 0 bridgehead atoms. The number of hydrogen-bond acceptors (Lipinski definition) is 4. The van der Waals surface area contributed by atoms with Gasteiger partial charge < -0.3 is 0 Å². The first kappa shape index (κ1) is 11.7. The minimum atomic E-state index is 0.884.